The zero-order chi connectivity index (χ0) is 42.4. The minimum Gasteiger partial charge on any atom is -0.371 e. The van der Waals surface area contributed by atoms with Gasteiger partial charge in [0.2, 0.25) is 11.8 Å². The van der Waals surface area contributed by atoms with Gasteiger partial charge in [-0.25, -0.2) is 15.0 Å². The lowest BCUT2D eigenvalue weighted by Crippen LogP contribution is -2.56. The molecule has 18 heteroatoms. The maximum atomic E-state index is 13.4. The fourth-order valence-electron chi connectivity index (χ4n) is 9.36. The van der Waals surface area contributed by atoms with Gasteiger partial charge in [-0.15, -0.1) is 0 Å². The summed E-state index contributed by atoms with van der Waals surface area (Å²) in [7, 11) is 0. The lowest BCUT2D eigenvalue weighted by Gasteiger charge is -2.46. The number of hydrogen-bond donors (Lipinski definition) is 3. The molecule has 9 rings (SSSR count). The first-order valence-electron chi connectivity index (χ1n) is 21.0. The maximum absolute atomic E-state index is 13.4. The van der Waals surface area contributed by atoms with E-state index in [0.717, 1.165) is 100 Å². The number of rotatable bonds is 9. The van der Waals surface area contributed by atoms with Crippen LogP contribution in [0.2, 0.25) is 5.02 Å². The van der Waals surface area contributed by atoms with Gasteiger partial charge in [-0.2, -0.15) is 0 Å². The van der Waals surface area contributed by atoms with Crippen LogP contribution in [-0.4, -0.2) is 130 Å². The van der Waals surface area contributed by atoms with Crippen molar-refractivity contribution >= 4 is 80.6 Å². The minimum atomic E-state index is -0.968. The number of piperazine rings is 1. The molecule has 4 aromatic rings. The van der Waals surface area contributed by atoms with E-state index >= 15 is 0 Å². The molecule has 0 bridgehead atoms. The predicted molar refractivity (Wildman–Crippen MR) is 233 cm³/mol. The molecule has 2 aromatic carbocycles. The van der Waals surface area contributed by atoms with E-state index in [1.807, 2.05) is 38.1 Å². The van der Waals surface area contributed by atoms with Gasteiger partial charge in [-0.3, -0.25) is 44.0 Å². The molecule has 5 amide bonds. The smallest absolute Gasteiger partial charge is 0.267 e. The van der Waals surface area contributed by atoms with Gasteiger partial charge in [0.15, 0.2) is 5.13 Å². The van der Waals surface area contributed by atoms with Crippen LogP contribution in [0.3, 0.4) is 0 Å². The number of imide groups is 2. The van der Waals surface area contributed by atoms with Crippen molar-refractivity contribution in [2.45, 2.75) is 70.5 Å². The molecule has 4 saturated heterocycles. The van der Waals surface area contributed by atoms with Gasteiger partial charge < -0.3 is 20.4 Å². The first-order valence-corrected chi connectivity index (χ1v) is 22.2. The number of halogens is 1. The summed E-state index contributed by atoms with van der Waals surface area (Å²) in [6, 6.07) is 12.9. The van der Waals surface area contributed by atoms with Crippen LogP contribution in [0.5, 0.6) is 0 Å². The summed E-state index contributed by atoms with van der Waals surface area (Å²) in [4.78, 5) is 88.8. The summed E-state index contributed by atoms with van der Waals surface area (Å²) in [5, 5.41) is 9.48. The molecule has 0 radical (unpaired) electrons. The number of aryl methyl sites for hydroxylation is 2. The number of anilines is 5. The van der Waals surface area contributed by atoms with Crippen molar-refractivity contribution in [3.63, 3.8) is 0 Å². The monoisotopic (exact) mass is 865 g/mol. The maximum Gasteiger partial charge on any atom is 0.267 e. The molecule has 16 nitrogen and oxygen atoms in total. The molecule has 61 heavy (non-hydrogen) atoms. The van der Waals surface area contributed by atoms with E-state index in [1.165, 1.54) is 11.3 Å². The molecule has 5 aliphatic heterocycles. The molecule has 0 saturated carbocycles. The third-order valence-electron chi connectivity index (χ3n) is 12.7. The van der Waals surface area contributed by atoms with Gasteiger partial charge in [0, 0.05) is 82.6 Å². The summed E-state index contributed by atoms with van der Waals surface area (Å²) < 4.78 is 0. The van der Waals surface area contributed by atoms with Gasteiger partial charge in [0.25, 0.3) is 17.7 Å². The van der Waals surface area contributed by atoms with Gasteiger partial charge in [-0.05, 0) is 75.8 Å². The Kier molecular flexibility index (Phi) is 11.5. The van der Waals surface area contributed by atoms with Crippen LogP contribution in [0.4, 0.5) is 28.1 Å². The minimum absolute atomic E-state index is 0.0962. The lowest BCUT2D eigenvalue weighted by atomic mass is 9.99. The van der Waals surface area contributed by atoms with Crippen LogP contribution in [0, 0.1) is 13.8 Å². The van der Waals surface area contributed by atoms with Crippen molar-refractivity contribution in [1.29, 1.82) is 0 Å². The average Bonchev–Trinajstić information content (AvgIpc) is 3.83. The Bertz CT molecular complexity index is 2370. The number of amides is 5. The van der Waals surface area contributed by atoms with Crippen molar-refractivity contribution in [2.75, 3.05) is 72.8 Å². The summed E-state index contributed by atoms with van der Waals surface area (Å²) in [5.41, 5.74) is 3.00. The number of carbonyl (C=O) groups excluding carboxylic acids is 5. The highest BCUT2D eigenvalue weighted by Gasteiger charge is 2.45. The highest BCUT2D eigenvalue weighted by molar-refractivity contribution is 7.17. The van der Waals surface area contributed by atoms with Gasteiger partial charge in [0.1, 0.15) is 28.4 Å². The molecule has 7 heterocycles. The van der Waals surface area contributed by atoms with E-state index in [0.29, 0.717) is 55.6 Å². The standard InChI is InChI=1S/C43H48ClN11O5S/c1-25-4-3-5-32(44)38(25)50-40(58)34-24-45-43(61-34)48-35-23-36(47-26(2)46-35)54-16-12-28(13-17-54)53-20-18-52(19-21-53)27-10-14-51(15-11-27)29-6-7-30-31(22-29)42(60)55(41(30)59)33-8-9-37(56)49-39(33)57/h3-7,22-24,27-28,33H,8-21H2,1-2H3,(H,50,58)(H,49,56,57)(H,45,46,47,48). The predicted octanol–water partition coefficient (Wildman–Crippen LogP) is 4.86. The molecule has 0 spiro atoms. The summed E-state index contributed by atoms with van der Waals surface area (Å²) >= 11 is 7.56. The molecule has 3 N–H and O–H groups in total. The lowest BCUT2D eigenvalue weighted by molar-refractivity contribution is -0.136. The molecule has 1 unspecified atom stereocenters. The molecule has 1 atom stereocenters. The Morgan fingerprint density at radius 2 is 1.48 bits per heavy atom. The second kappa shape index (κ2) is 17.1. The SMILES string of the molecule is Cc1nc(Nc2ncc(C(=O)Nc3c(C)cccc3Cl)s2)cc(N2CCC(N3CCN(C4CCN(c5ccc6c(c5)C(=O)N(C5CCC(=O)NC5=O)C6=O)CC4)CC3)CC2)n1. The normalized spacial score (nSPS) is 20.9. The van der Waals surface area contributed by atoms with Crippen LogP contribution in [0.15, 0.2) is 48.7 Å². The number of piperidine rings is 3. The first kappa shape index (κ1) is 40.9. The second-order valence-corrected chi connectivity index (χ2v) is 17.8. The molecule has 318 valence electrons. The van der Waals surface area contributed by atoms with Crippen LogP contribution < -0.4 is 25.8 Å². The van der Waals surface area contributed by atoms with Crippen LogP contribution in [0.1, 0.15) is 80.3 Å². The third kappa shape index (κ3) is 8.43. The highest BCUT2D eigenvalue weighted by Crippen LogP contribution is 2.33. The van der Waals surface area contributed by atoms with Crippen LogP contribution in [0.25, 0.3) is 0 Å². The largest absolute Gasteiger partial charge is 0.371 e. The van der Waals surface area contributed by atoms with E-state index in [9.17, 15) is 24.0 Å². The molecule has 4 fully saturated rings. The Morgan fingerprint density at radius 3 is 2.15 bits per heavy atom. The zero-order valence-corrected chi connectivity index (χ0v) is 35.7. The van der Waals surface area contributed by atoms with Crippen molar-refractivity contribution in [3.8, 4) is 0 Å². The topological polar surface area (TPSA) is 176 Å². The number of nitrogens with one attached hydrogen (secondary N) is 3. The van der Waals surface area contributed by atoms with Crippen molar-refractivity contribution < 1.29 is 24.0 Å². The fourth-order valence-corrected chi connectivity index (χ4v) is 10.3. The molecule has 0 aliphatic carbocycles. The summed E-state index contributed by atoms with van der Waals surface area (Å²) in [5.74, 6) is -0.0509. The van der Waals surface area contributed by atoms with E-state index in [4.69, 9.17) is 16.6 Å². The van der Waals surface area contributed by atoms with E-state index < -0.39 is 23.8 Å². The second-order valence-electron chi connectivity index (χ2n) is 16.4. The number of para-hydroxylation sites is 1. The molecular weight excluding hydrogens is 818 g/mol. The highest BCUT2D eigenvalue weighted by atomic mass is 35.5. The summed E-state index contributed by atoms with van der Waals surface area (Å²) in [6.45, 7) is 11.5. The fraction of sp³-hybridized carbons (Fsp3) is 0.442. The van der Waals surface area contributed by atoms with Gasteiger partial charge >= 0.3 is 0 Å². The Labute approximate surface area is 362 Å². The van der Waals surface area contributed by atoms with Crippen molar-refractivity contribution in [2.24, 2.45) is 0 Å². The molecule has 2 aromatic heterocycles. The summed E-state index contributed by atoms with van der Waals surface area (Å²) in [6.07, 6.45) is 5.93. The zero-order valence-electron chi connectivity index (χ0n) is 34.2. The Balaban J connectivity index is 0.731. The van der Waals surface area contributed by atoms with Crippen molar-refractivity contribution in [3.05, 3.63) is 81.1 Å². The van der Waals surface area contributed by atoms with Gasteiger partial charge in [-0.1, -0.05) is 35.1 Å². The number of carbonyl (C=O) groups is 5. The number of nitrogens with zero attached hydrogens (tertiary/aromatic N) is 8. The quantitative estimate of drug-likeness (QED) is 0.195. The number of benzene rings is 2. The Morgan fingerprint density at radius 1 is 0.803 bits per heavy atom. The van der Waals surface area contributed by atoms with E-state index in [2.05, 4.69) is 45.5 Å². The van der Waals surface area contributed by atoms with Crippen molar-refractivity contribution in [1.82, 2.24) is 35.0 Å². The average molecular weight is 866 g/mol. The molecular formula is C43H48ClN11O5S. The van der Waals surface area contributed by atoms with Gasteiger partial charge in [0.05, 0.1) is 28.0 Å². The Hall–Kier alpha value is -5.49. The van der Waals surface area contributed by atoms with E-state index in [1.54, 1.807) is 24.4 Å². The van der Waals surface area contributed by atoms with Crippen LogP contribution >= 0.6 is 22.9 Å². The number of thiazole rings is 1. The third-order valence-corrected chi connectivity index (χ3v) is 13.9. The van der Waals surface area contributed by atoms with E-state index in [-0.39, 0.29) is 24.7 Å². The molecule has 5 aliphatic rings. The number of hydrogen-bond acceptors (Lipinski definition) is 14. The van der Waals surface area contributed by atoms with Crippen LogP contribution in [-0.2, 0) is 9.59 Å². The number of aromatic nitrogens is 3. The first-order chi connectivity index (χ1) is 29.5. The number of fused-ring (bicyclic) bond motifs is 1.